The fourth-order valence-corrected chi connectivity index (χ4v) is 3.90. The number of amides is 1. The molecule has 1 aromatic carbocycles. The summed E-state index contributed by atoms with van der Waals surface area (Å²) in [6, 6.07) is 8.04. The maximum atomic E-state index is 12.5. The highest BCUT2D eigenvalue weighted by atomic mass is 16.5. The van der Waals surface area contributed by atoms with Gasteiger partial charge in [0.2, 0.25) is 5.91 Å². The molecule has 27 heavy (non-hydrogen) atoms. The van der Waals surface area contributed by atoms with E-state index in [4.69, 9.17) is 9.47 Å². The molecule has 1 N–H and O–H groups in total. The van der Waals surface area contributed by atoms with Crippen molar-refractivity contribution in [2.45, 2.75) is 44.7 Å². The molecule has 2 fully saturated rings. The van der Waals surface area contributed by atoms with Crippen molar-refractivity contribution in [3.63, 3.8) is 0 Å². The molecule has 1 aliphatic heterocycles. The first kappa shape index (κ1) is 20.0. The molecule has 0 aromatic heterocycles. The summed E-state index contributed by atoms with van der Waals surface area (Å²) in [4.78, 5) is 17.2. The Morgan fingerprint density at radius 2 is 1.74 bits per heavy atom. The van der Waals surface area contributed by atoms with Crippen LogP contribution in [0.4, 0.5) is 0 Å². The number of carbonyl (C=O) groups excluding carboxylic acids is 1. The molecule has 1 atom stereocenters. The third-order valence-corrected chi connectivity index (χ3v) is 5.77. The van der Waals surface area contributed by atoms with Gasteiger partial charge in [-0.3, -0.25) is 14.6 Å². The molecule has 0 spiro atoms. The zero-order valence-corrected chi connectivity index (χ0v) is 16.7. The number of benzene rings is 1. The van der Waals surface area contributed by atoms with Crippen LogP contribution in [0, 0.1) is 0 Å². The van der Waals surface area contributed by atoms with E-state index in [2.05, 4.69) is 15.1 Å². The van der Waals surface area contributed by atoms with Crippen molar-refractivity contribution in [1.29, 1.82) is 0 Å². The molecule has 1 saturated heterocycles. The Morgan fingerprint density at radius 1 is 1.11 bits per heavy atom. The quantitative estimate of drug-likeness (QED) is 0.754. The zero-order valence-electron chi connectivity index (χ0n) is 16.7. The summed E-state index contributed by atoms with van der Waals surface area (Å²) in [5.74, 6) is 1.90. The van der Waals surface area contributed by atoms with E-state index in [9.17, 15) is 4.79 Å². The second-order valence-electron chi connectivity index (χ2n) is 7.57. The standard InChI is InChI=1S/C21H33N3O3/c1-17(21(25)22-18-5-3-4-6-18)24-13-11-23(12-14-24)15-16-27-20-9-7-19(26-2)8-10-20/h7-10,17-18H,3-6,11-16H2,1-2H3,(H,22,25). The van der Waals surface area contributed by atoms with Crippen molar-refractivity contribution in [2.75, 3.05) is 46.4 Å². The molecule has 1 saturated carbocycles. The molecule has 150 valence electrons. The van der Waals surface area contributed by atoms with Crippen LogP contribution in [0.15, 0.2) is 24.3 Å². The molecule has 0 radical (unpaired) electrons. The van der Waals surface area contributed by atoms with Crippen molar-refractivity contribution in [3.05, 3.63) is 24.3 Å². The number of methoxy groups -OCH3 is 1. The number of nitrogens with one attached hydrogen (secondary N) is 1. The number of carbonyl (C=O) groups is 1. The van der Waals surface area contributed by atoms with Crippen molar-refractivity contribution in [1.82, 2.24) is 15.1 Å². The van der Waals surface area contributed by atoms with Gasteiger partial charge in [-0.15, -0.1) is 0 Å². The lowest BCUT2D eigenvalue weighted by Gasteiger charge is -2.37. The predicted octanol–water partition coefficient (Wildman–Crippen LogP) is 2.14. The van der Waals surface area contributed by atoms with Gasteiger partial charge in [-0.25, -0.2) is 0 Å². The summed E-state index contributed by atoms with van der Waals surface area (Å²) in [7, 11) is 1.66. The van der Waals surface area contributed by atoms with Crippen LogP contribution >= 0.6 is 0 Å². The highest BCUT2D eigenvalue weighted by Crippen LogP contribution is 2.19. The monoisotopic (exact) mass is 375 g/mol. The smallest absolute Gasteiger partial charge is 0.237 e. The third kappa shape index (κ3) is 5.84. The first-order chi connectivity index (χ1) is 13.2. The number of nitrogens with zero attached hydrogens (tertiary/aromatic N) is 2. The minimum absolute atomic E-state index is 0.0386. The fraction of sp³-hybridized carbons (Fsp3) is 0.667. The largest absolute Gasteiger partial charge is 0.497 e. The van der Waals surface area contributed by atoms with Gasteiger partial charge >= 0.3 is 0 Å². The first-order valence-corrected chi connectivity index (χ1v) is 10.2. The van der Waals surface area contributed by atoms with Gasteiger partial charge in [0.1, 0.15) is 18.1 Å². The van der Waals surface area contributed by atoms with E-state index in [0.29, 0.717) is 12.6 Å². The molecule has 1 heterocycles. The van der Waals surface area contributed by atoms with Gasteiger partial charge in [-0.1, -0.05) is 12.8 Å². The third-order valence-electron chi connectivity index (χ3n) is 5.77. The Balaban J connectivity index is 1.33. The lowest BCUT2D eigenvalue weighted by molar-refractivity contribution is -0.127. The van der Waals surface area contributed by atoms with Crippen LogP contribution in [-0.2, 0) is 4.79 Å². The topological polar surface area (TPSA) is 54.0 Å². The van der Waals surface area contributed by atoms with Crippen LogP contribution in [-0.4, -0.2) is 74.2 Å². The first-order valence-electron chi connectivity index (χ1n) is 10.2. The summed E-state index contributed by atoms with van der Waals surface area (Å²) in [5.41, 5.74) is 0. The number of hydrogen-bond donors (Lipinski definition) is 1. The average molecular weight is 376 g/mol. The second kappa shape index (κ2) is 9.95. The van der Waals surface area contributed by atoms with Gasteiger partial charge in [-0.2, -0.15) is 0 Å². The van der Waals surface area contributed by atoms with Crippen LogP contribution in [0.3, 0.4) is 0 Å². The number of hydrogen-bond acceptors (Lipinski definition) is 5. The highest BCUT2D eigenvalue weighted by molar-refractivity contribution is 5.81. The molecule has 1 unspecified atom stereocenters. The van der Waals surface area contributed by atoms with Gasteiger partial charge in [-0.05, 0) is 44.0 Å². The van der Waals surface area contributed by atoms with Crippen molar-refractivity contribution >= 4 is 5.91 Å². The van der Waals surface area contributed by atoms with E-state index in [1.165, 1.54) is 12.8 Å². The zero-order chi connectivity index (χ0) is 19.1. The van der Waals surface area contributed by atoms with Crippen molar-refractivity contribution in [3.8, 4) is 11.5 Å². The predicted molar refractivity (Wildman–Crippen MR) is 106 cm³/mol. The van der Waals surface area contributed by atoms with Crippen LogP contribution < -0.4 is 14.8 Å². The van der Waals surface area contributed by atoms with Crippen LogP contribution in [0.25, 0.3) is 0 Å². The Morgan fingerprint density at radius 3 is 2.37 bits per heavy atom. The number of piperazine rings is 1. The summed E-state index contributed by atoms with van der Waals surface area (Å²) < 4.78 is 11.0. The Hall–Kier alpha value is -1.79. The van der Waals surface area contributed by atoms with Gasteiger partial charge in [0.15, 0.2) is 0 Å². The maximum absolute atomic E-state index is 12.5. The molecule has 1 amide bonds. The molecular formula is C21H33N3O3. The molecule has 2 aliphatic rings. The van der Waals surface area contributed by atoms with Crippen LogP contribution in [0.2, 0.25) is 0 Å². The van der Waals surface area contributed by atoms with E-state index in [-0.39, 0.29) is 11.9 Å². The van der Waals surface area contributed by atoms with E-state index in [1.54, 1.807) is 7.11 Å². The molecule has 1 aromatic rings. The Bertz CT molecular complexity index is 579. The van der Waals surface area contributed by atoms with Gasteiger partial charge < -0.3 is 14.8 Å². The van der Waals surface area contributed by atoms with Crippen molar-refractivity contribution in [2.24, 2.45) is 0 Å². The van der Waals surface area contributed by atoms with E-state index < -0.39 is 0 Å². The molecular weight excluding hydrogens is 342 g/mol. The fourth-order valence-electron chi connectivity index (χ4n) is 3.90. The lowest BCUT2D eigenvalue weighted by atomic mass is 10.2. The number of rotatable bonds is 8. The van der Waals surface area contributed by atoms with Gasteiger partial charge in [0.25, 0.3) is 0 Å². The van der Waals surface area contributed by atoms with E-state index in [0.717, 1.165) is 57.1 Å². The Kier molecular flexibility index (Phi) is 7.35. The molecule has 1 aliphatic carbocycles. The van der Waals surface area contributed by atoms with Crippen LogP contribution in [0.5, 0.6) is 11.5 Å². The summed E-state index contributed by atoms with van der Waals surface area (Å²) in [6.07, 6.45) is 4.77. The second-order valence-corrected chi connectivity index (χ2v) is 7.57. The summed E-state index contributed by atoms with van der Waals surface area (Å²) in [6.45, 7) is 7.43. The molecule has 6 nitrogen and oxygen atoms in total. The maximum Gasteiger partial charge on any atom is 0.237 e. The van der Waals surface area contributed by atoms with E-state index >= 15 is 0 Å². The molecule has 3 rings (SSSR count). The summed E-state index contributed by atoms with van der Waals surface area (Å²) in [5, 5.41) is 3.22. The Labute approximate surface area is 162 Å². The summed E-state index contributed by atoms with van der Waals surface area (Å²) >= 11 is 0. The van der Waals surface area contributed by atoms with Gasteiger partial charge in [0.05, 0.1) is 13.2 Å². The molecule has 6 heteroatoms. The minimum atomic E-state index is -0.0386. The van der Waals surface area contributed by atoms with Crippen LogP contribution in [0.1, 0.15) is 32.6 Å². The average Bonchev–Trinajstić information content (AvgIpc) is 3.21. The lowest BCUT2D eigenvalue weighted by Crippen LogP contribution is -2.55. The minimum Gasteiger partial charge on any atom is -0.497 e. The van der Waals surface area contributed by atoms with Gasteiger partial charge in [0, 0.05) is 38.8 Å². The highest BCUT2D eigenvalue weighted by Gasteiger charge is 2.27. The van der Waals surface area contributed by atoms with E-state index in [1.807, 2.05) is 31.2 Å². The molecule has 0 bridgehead atoms. The van der Waals surface area contributed by atoms with Crippen molar-refractivity contribution < 1.29 is 14.3 Å². The SMILES string of the molecule is COc1ccc(OCCN2CCN(C(C)C(=O)NC3CCCC3)CC2)cc1. The number of ether oxygens (including phenoxy) is 2. The normalized spacial score (nSPS) is 20.4.